The third-order valence-corrected chi connectivity index (χ3v) is 4.46. The van der Waals surface area contributed by atoms with E-state index >= 15 is 0 Å². The fraction of sp³-hybridized carbons (Fsp3) is 0.278. The average molecular weight is 357 g/mol. The van der Waals surface area contributed by atoms with Gasteiger partial charge in [0.1, 0.15) is 0 Å². The van der Waals surface area contributed by atoms with E-state index < -0.39 is 6.43 Å². The van der Waals surface area contributed by atoms with Gasteiger partial charge in [-0.1, -0.05) is 12.1 Å². The number of pyridine rings is 1. The molecule has 0 saturated carbocycles. The summed E-state index contributed by atoms with van der Waals surface area (Å²) in [6.45, 7) is 0.602. The van der Waals surface area contributed by atoms with Crippen molar-refractivity contribution in [2.45, 2.75) is 12.5 Å². The molecular formula is C18H17F2N5O. The number of carbonyl (C=O) groups is 1. The lowest BCUT2D eigenvalue weighted by Crippen LogP contribution is -2.60. The normalized spacial score (nSPS) is 15.3. The Hall–Kier alpha value is -2.87. The van der Waals surface area contributed by atoms with Gasteiger partial charge in [0.2, 0.25) is 0 Å². The Labute approximate surface area is 148 Å². The van der Waals surface area contributed by atoms with Crippen LogP contribution in [0.5, 0.6) is 0 Å². The van der Waals surface area contributed by atoms with Gasteiger partial charge < -0.3 is 5.32 Å². The van der Waals surface area contributed by atoms with Crippen LogP contribution >= 0.6 is 0 Å². The molecule has 0 bridgehead atoms. The van der Waals surface area contributed by atoms with Crippen molar-refractivity contribution < 1.29 is 13.6 Å². The molecule has 3 heterocycles. The van der Waals surface area contributed by atoms with Crippen LogP contribution in [-0.4, -0.2) is 58.1 Å². The second-order valence-electron chi connectivity index (χ2n) is 6.35. The van der Waals surface area contributed by atoms with E-state index in [1.165, 1.54) is 0 Å². The highest BCUT2D eigenvalue weighted by molar-refractivity contribution is 6.05. The van der Waals surface area contributed by atoms with E-state index in [0.29, 0.717) is 24.2 Å². The molecule has 8 heteroatoms. The predicted molar refractivity (Wildman–Crippen MR) is 93.0 cm³/mol. The summed E-state index contributed by atoms with van der Waals surface area (Å²) in [5.41, 5.74) is 2.95. The van der Waals surface area contributed by atoms with Gasteiger partial charge in [-0.3, -0.25) is 19.8 Å². The molecular weight excluding hydrogens is 340 g/mol. The third kappa shape index (κ3) is 3.28. The minimum absolute atomic E-state index is 0.130. The molecule has 1 aliphatic rings. The number of benzene rings is 1. The molecule has 1 fully saturated rings. The smallest absolute Gasteiger partial charge is 0.272 e. The number of H-pyrrole nitrogens is 1. The molecule has 0 spiro atoms. The van der Waals surface area contributed by atoms with Crippen LogP contribution in [0.3, 0.4) is 0 Å². The number of rotatable bonds is 5. The Morgan fingerprint density at radius 3 is 2.88 bits per heavy atom. The topological polar surface area (TPSA) is 73.9 Å². The van der Waals surface area contributed by atoms with E-state index in [9.17, 15) is 13.6 Å². The maximum Gasteiger partial charge on any atom is 0.272 e. The molecule has 0 aliphatic carbocycles. The maximum atomic E-state index is 12.5. The lowest BCUT2D eigenvalue weighted by molar-refractivity contribution is 0.0379. The predicted octanol–water partition coefficient (Wildman–Crippen LogP) is 2.30. The number of aromatic amines is 1. The SMILES string of the molecule is O=C(NC1CN(CC(F)F)C1)c1n[nH]c2ccc(-c3cccnc3)cc12. The minimum atomic E-state index is -2.35. The van der Waals surface area contributed by atoms with Crippen LogP contribution in [0.4, 0.5) is 8.78 Å². The summed E-state index contributed by atoms with van der Waals surface area (Å²) >= 11 is 0. The lowest BCUT2D eigenvalue weighted by Gasteiger charge is -2.39. The zero-order valence-corrected chi connectivity index (χ0v) is 13.8. The summed E-state index contributed by atoms with van der Waals surface area (Å²) in [4.78, 5) is 18.2. The van der Waals surface area contributed by atoms with Crippen molar-refractivity contribution in [3.05, 3.63) is 48.4 Å². The molecule has 1 amide bonds. The molecule has 1 aliphatic heterocycles. The van der Waals surface area contributed by atoms with Crippen LogP contribution in [0, 0.1) is 0 Å². The Morgan fingerprint density at radius 2 is 2.15 bits per heavy atom. The zero-order chi connectivity index (χ0) is 18.1. The van der Waals surface area contributed by atoms with E-state index in [4.69, 9.17) is 0 Å². The molecule has 3 aromatic rings. The lowest BCUT2D eigenvalue weighted by atomic mass is 10.0. The number of hydrogen-bond acceptors (Lipinski definition) is 4. The Kier molecular flexibility index (Phi) is 4.34. The first kappa shape index (κ1) is 16.6. The molecule has 2 N–H and O–H groups in total. The number of nitrogens with zero attached hydrogens (tertiary/aromatic N) is 3. The molecule has 0 radical (unpaired) electrons. The summed E-state index contributed by atoms with van der Waals surface area (Å²) in [5, 5.41) is 10.5. The summed E-state index contributed by atoms with van der Waals surface area (Å²) < 4.78 is 24.6. The first-order valence-electron chi connectivity index (χ1n) is 8.30. The molecule has 134 valence electrons. The van der Waals surface area contributed by atoms with E-state index in [0.717, 1.165) is 16.6 Å². The fourth-order valence-corrected chi connectivity index (χ4v) is 3.16. The number of fused-ring (bicyclic) bond motifs is 1. The van der Waals surface area contributed by atoms with Crippen LogP contribution in [0.25, 0.3) is 22.0 Å². The van der Waals surface area contributed by atoms with Crippen LogP contribution in [0.1, 0.15) is 10.5 Å². The number of hydrogen-bond donors (Lipinski definition) is 2. The van der Waals surface area contributed by atoms with Crippen LogP contribution < -0.4 is 5.32 Å². The second kappa shape index (κ2) is 6.80. The quantitative estimate of drug-likeness (QED) is 0.735. The van der Waals surface area contributed by atoms with Crippen LogP contribution in [-0.2, 0) is 0 Å². The number of nitrogens with one attached hydrogen (secondary N) is 2. The molecule has 1 aromatic carbocycles. The van der Waals surface area contributed by atoms with Crippen molar-refractivity contribution in [2.75, 3.05) is 19.6 Å². The van der Waals surface area contributed by atoms with Crippen molar-refractivity contribution in [1.29, 1.82) is 0 Å². The highest BCUT2D eigenvalue weighted by Gasteiger charge is 2.30. The van der Waals surface area contributed by atoms with Crippen molar-refractivity contribution in [2.24, 2.45) is 0 Å². The van der Waals surface area contributed by atoms with Gasteiger partial charge in [-0.15, -0.1) is 0 Å². The first-order valence-corrected chi connectivity index (χ1v) is 8.30. The molecule has 6 nitrogen and oxygen atoms in total. The molecule has 4 rings (SSSR count). The number of alkyl halides is 2. The Morgan fingerprint density at radius 1 is 1.31 bits per heavy atom. The number of likely N-dealkylation sites (tertiary alicyclic amines) is 1. The zero-order valence-electron chi connectivity index (χ0n) is 13.8. The molecule has 1 saturated heterocycles. The summed E-state index contributed by atoms with van der Waals surface area (Å²) in [6, 6.07) is 9.37. The summed E-state index contributed by atoms with van der Waals surface area (Å²) in [5.74, 6) is -0.304. The summed E-state index contributed by atoms with van der Waals surface area (Å²) in [7, 11) is 0. The third-order valence-electron chi connectivity index (χ3n) is 4.46. The van der Waals surface area contributed by atoms with Crippen molar-refractivity contribution in [3.8, 4) is 11.1 Å². The minimum Gasteiger partial charge on any atom is -0.345 e. The van der Waals surface area contributed by atoms with Gasteiger partial charge in [0, 0.05) is 36.4 Å². The fourth-order valence-electron chi connectivity index (χ4n) is 3.16. The highest BCUT2D eigenvalue weighted by Crippen LogP contribution is 2.25. The first-order chi connectivity index (χ1) is 12.6. The molecule has 0 unspecified atom stereocenters. The molecule has 0 atom stereocenters. The van der Waals surface area contributed by atoms with Gasteiger partial charge >= 0.3 is 0 Å². The van der Waals surface area contributed by atoms with E-state index in [-0.39, 0.29) is 18.5 Å². The summed E-state index contributed by atoms with van der Waals surface area (Å²) in [6.07, 6.45) is 1.11. The van der Waals surface area contributed by atoms with Crippen LogP contribution in [0.2, 0.25) is 0 Å². The number of aromatic nitrogens is 3. The standard InChI is InChI=1S/C18H17F2N5O/c19-16(20)10-25-8-13(9-25)22-18(26)17-14-6-11(3-4-15(14)23-24-17)12-2-1-5-21-7-12/h1-7,13,16H,8-10H2,(H,22,26)(H,23,24). The maximum absolute atomic E-state index is 12.5. The van der Waals surface area contributed by atoms with Crippen molar-refractivity contribution in [3.63, 3.8) is 0 Å². The second-order valence-corrected chi connectivity index (χ2v) is 6.35. The number of halogens is 2. The molecule has 2 aromatic heterocycles. The van der Waals surface area contributed by atoms with Crippen molar-refractivity contribution in [1.82, 2.24) is 25.4 Å². The van der Waals surface area contributed by atoms with E-state index in [1.807, 2.05) is 30.3 Å². The molecule has 26 heavy (non-hydrogen) atoms. The van der Waals surface area contributed by atoms with Crippen LogP contribution in [0.15, 0.2) is 42.7 Å². The average Bonchev–Trinajstić information content (AvgIpc) is 3.03. The highest BCUT2D eigenvalue weighted by atomic mass is 19.3. The van der Waals surface area contributed by atoms with E-state index in [2.05, 4.69) is 20.5 Å². The monoisotopic (exact) mass is 357 g/mol. The van der Waals surface area contributed by atoms with Gasteiger partial charge in [-0.2, -0.15) is 5.10 Å². The Bertz CT molecular complexity index is 922. The van der Waals surface area contributed by atoms with Gasteiger partial charge in [-0.05, 0) is 23.8 Å². The number of carbonyl (C=O) groups excluding carboxylic acids is 1. The van der Waals surface area contributed by atoms with Crippen molar-refractivity contribution >= 4 is 16.8 Å². The largest absolute Gasteiger partial charge is 0.345 e. The van der Waals surface area contributed by atoms with Gasteiger partial charge in [-0.25, -0.2) is 8.78 Å². The Balaban J connectivity index is 1.51. The van der Waals surface area contributed by atoms with Gasteiger partial charge in [0.15, 0.2) is 5.69 Å². The number of amides is 1. The van der Waals surface area contributed by atoms with Gasteiger partial charge in [0.05, 0.1) is 18.1 Å². The van der Waals surface area contributed by atoms with E-state index in [1.54, 1.807) is 17.3 Å². The van der Waals surface area contributed by atoms with Gasteiger partial charge in [0.25, 0.3) is 12.3 Å².